The van der Waals surface area contributed by atoms with Gasteiger partial charge in [-0.1, -0.05) is 37.1 Å². The van der Waals surface area contributed by atoms with Gasteiger partial charge in [0.15, 0.2) is 0 Å². The lowest BCUT2D eigenvalue weighted by atomic mass is 10.2. The molecule has 1 aromatic heterocycles. The van der Waals surface area contributed by atoms with Gasteiger partial charge in [-0.05, 0) is 34.5 Å². The highest BCUT2D eigenvalue weighted by Gasteiger charge is 2.09. The summed E-state index contributed by atoms with van der Waals surface area (Å²) in [6.07, 6.45) is 1.70. The van der Waals surface area contributed by atoms with Gasteiger partial charge in [0.1, 0.15) is 10.3 Å². The number of aromatic amines is 1. The summed E-state index contributed by atoms with van der Waals surface area (Å²) < 4.78 is 0.509. The molecule has 2 aromatic rings. The molecule has 1 heterocycles. The lowest BCUT2D eigenvalue weighted by Crippen LogP contribution is -2.13. The minimum Gasteiger partial charge on any atom is -0.306 e. The third-order valence-electron chi connectivity index (χ3n) is 2.52. The Balaban J connectivity index is 2.55. The molecule has 0 atom stereocenters. The molecule has 0 saturated heterocycles. The summed E-state index contributed by atoms with van der Waals surface area (Å²) in [6.45, 7) is 2.05. The van der Waals surface area contributed by atoms with E-state index in [1.807, 2.05) is 19.1 Å². The third-order valence-corrected chi connectivity index (χ3v) is 3.57. The average molecular weight is 328 g/mol. The monoisotopic (exact) mass is 326 g/mol. The molecule has 0 unspecified atom stereocenters. The maximum absolute atomic E-state index is 11.8. The minimum absolute atomic E-state index is 0.163. The first-order valence-electron chi connectivity index (χ1n) is 5.66. The largest absolute Gasteiger partial charge is 0.306 e. The second kappa shape index (κ2) is 5.67. The molecular formula is C13H12BrClN2O. The van der Waals surface area contributed by atoms with Crippen molar-refractivity contribution in [2.24, 2.45) is 0 Å². The van der Waals surface area contributed by atoms with Gasteiger partial charge in [-0.3, -0.25) is 4.79 Å². The SMILES string of the molecule is CCCc1nc(-c2cccc(Cl)c2)[nH]c(=O)c1Br. The van der Waals surface area contributed by atoms with Crippen LogP contribution in [0.4, 0.5) is 0 Å². The van der Waals surface area contributed by atoms with Crippen LogP contribution in [-0.2, 0) is 6.42 Å². The number of H-pyrrole nitrogens is 1. The molecule has 0 aliphatic carbocycles. The Morgan fingerprint density at radius 2 is 2.22 bits per heavy atom. The van der Waals surface area contributed by atoms with E-state index in [1.165, 1.54) is 0 Å². The number of nitrogens with zero attached hydrogens (tertiary/aromatic N) is 1. The number of benzene rings is 1. The van der Waals surface area contributed by atoms with Gasteiger partial charge in [0.2, 0.25) is 0 Å². The topological polar surface area (TPSA) is 45.8 Å². The van der Waals surface area contributed by atoms with E-state index in [1.54, 1.807) is 12.1 Å². The molecule has 1 aromatic carbocycles. The maximum atomic E-state index is 11.8. The van der Waals surface area contributed by atoms with Crippen molar-refractivity contribution in [3.8, 4) is 11.4 Å². The second-order valence-electron chi connectivity index (χ2n) is 3.94. The molecule has 18 heavy (non-hydrogen) atoms. The molecule has 0 aliphatic rings. The van der Waals surface area contributed by atoms with Gasteiger partial charge in [0.05, 0.1) is 5.69 Å². The van der Waals surface area contributed by atoms with Crippen molar-refractivity contribution >= 4 is 27.5 Å². The fraction of sp³-hybridized carbons (Fsp3) is 0.231. The number of aromatic nitrogens is 2. The summed E-state index contributed by atoms with van der Waals surface area (Å²) >= 11 is 9.21. The number of rotatable bonds is 3. The van der Waals surface area contributed by atoms with Crippen molar-refractivity contribution in [3.05, 3.63) is 49.8 Å². The van der Waals surface area contributed by atoms with Crippen molar-refractivity contribution in [1.29, 1.82) is 0 Å². The van der Waals surface area contributed by atoms with E-state index >= 15 is 0 Å². The summed E-state index contributed by atoms with van der Waals surface area (Å²) in [7, 11) is 0. The highest BCUT2D eigenvalue weighted by molar-refractivity contribution is 9.10. The fourth-order valence-corrected chi connectivity index (χ4v) is 2.26. The molecular weight excluding hydrogens is 316 g/mol. The van der Waals surface area contributed by atoms with E-state index in [2.05, 4.69) is 25.9 Å². The first kappa shape index (κ1) is 13.3. The smallest absolute Gasteiger partial charge is 0.265 e. The van der Waals surface area contributed by atoms with Crippen LogP contribution in [0.3, 0.4) is 0 Å². The Hall–Kier alpha value is -1.13. The van der Waals surface area contributed by atoms with Crippen molar-refractivity contribution < 1.29 is 0 Å². The molecule has 0 bridgehead atoms. The molecule has 2 rings (SSSR count). The van der Waals surface area contributed by atoms with Crippen LogP contribution in [0, 0.1) is 0 Å². The van der Waals surface area contributed by atoms with Crippen molar-refractivity contribution in [2.45, 2.75) is 19.8 Å². The van der Waals surface area contributed by atoms with E-state index in [-0.39, 0.29) is 5.56 Å². The Labute approximate surface area is 118 Å². The zero-order valence-electron chi connectivity index (χ0n) is 9.84. The molecule has 0 radical (unpaired) electrons. The molecule has 0 amide bonds. The summed E-state index contributed by atoms with van der Waals surface area (Å²) in [5, 5.41) is 0.620. The Kier molecular flexibility index (Phi) is 4.19. The minimum atomic E-state index is -0.163. The van der Waals surface area contributed by atoms with Gasteiger partial charge < -0.3 is 4.98 Å². The summed E-state index contributed by atoms with van der Waals surface area (Å²) in [4.78, 5) is 19.0. The number of nitrogens with one attached hydrogen (secondary N) is 1. The quantitative estimate of drug-likeness (QED) is 0.932. The van der Waals surface area contributed by atoms with E-state index < -0.39 is 0 Å². The standard InChI is InChI=1S/C13H12BrClN2O/c1-2-4-10-11(14)13(18)17-12(16-10)8-5-3-6-9(15)7-8/h3,5-7H,2,4H2,1H3,(H,16,17,18). The van der Waals surface area contributed by atoms with Gasteiger partial charge >= 0.3 is 0 Å². The second-order valence-corrected chi connectivity index (χ2v) is 5.16. The first-order valence-corrected chi connectivity index (χ1v) is 6.83. The van der Waals surface area contributed by atoms with Crippen LogP contribution in [0.2, 0.25) is 5.02 Å². The predicted molar refractivity (Wildman–Crippen MR) is 77.0 cm³/mol. The van der Waals surface area contributed by atoms with Crippen LogP contribution in [0.1, 0.15) is 19.0 Å². The molecule has 1 N–H and O–H groups in total. The van der Waals surface area contributed by atoms with Crippen LogP contribution in [0.15, 0.2) is 33.5 Å². The van der Waals surface area contributed by atoms with Gasteiger partial charge in [-0.2, -0.15) is 0 Å². The Morgan fingerprint density at radius 1 is 1.44 bits per heavy atom. The molecule has 94 valence electrons. The van der Waals surface area contributed by atoms with Crippen LogP contribution in [-0.4, -0.2) is 9.97 Å². The van der Waals surface area contributed by atoms with Crippen molar-refractivity contribution in [2.75, 3.05) is 0 Å². The van der Waals surface area contributed by atoms with Gasteiger partial charge in [0, 0.05) is 10.6 Å². The average Bonchev–Trinajstić information content (AvgIpc) is 2.35. The zero-order valence-corrected chi connectivity index (χ0v) is 12.2. The van der Waals surface area contributed by atoms with Crippen molar-refractivity contribution in [1.82, 2.24) is 9.97 Å². The molecule has 3 nitrogen and oxygen atoms in total. The van der Waals surface area contributed by atoms with Crippen LogP contribution < -0.4 is 5.56 Å². The van der Waals surface area contributed by atoms with Crippen LogP contribution in [0.25, 0.3) is 11.4 Å². The van der Waals surface area contributed by atoms with Crippen LogP contribution in [0.5, 0.6) is 0 Å². The summed E-state index contributed by atoms with van der Waals surface area (Å²) in [5.74, 6) is 0.550. The summed E-state index contributed by atoms with van der Waals surface area (Å²) in [6, 6.07) is 7.27. The number of hydrogen-bond donors (Lipinski definition) is 1. The van der Waals surface area contributed by atoms with Gasteiger partial charge in [-0.25, -0.2) is 4.98 Å². The van der Waals surface area contributed by atoms with E-state index in [0.717, 1.165) is 24.1 Å². The molecule has 0 spiro atoms. The molecule has 0 aliphatic heterocycles. The lowest BCUT2D eigenvalue weighted by molar-refractivity contribution is 0.861. The third kappa shape index (κ3) is 2.82. The highest BCUT2D eigenvalue weighted by Crippen LogP contribution is 2.20. The first-order chi connectivity index (χ1) is 8.61. The molecule has 0 fully saturated rings. The van der Waals surface area contributed by atoms with E-state index in [0.29, 0.717) is 15.3 Å². The summed E-state index contributed by atoms with van der Waals surface area (Å²) in [5.41, 5.74) is 1.42. The van der Waals surface area contributed by atoms with Crippen molar-refractivity contribution in [3.63, 3.8) is 0 Å². The maximum Gasteiger partial charge on any atom is 0.265 e. The van der Waals surface area contributed by atoms with Crippen LogP contribution >= 0.6 is 27.5 Å². The van der Waals surface area contributed by atoms with E-state index in [9.17, 15) is 4.79 Å². The Bertz CT molecular complexity index is 625. The number of hydrogen-bond acceptors (Lipinski definition) is 2. The number of aryl methyl sites for hydroxylation is 1. The van der Waals surface area contributed by atoms with Gasteiger partial charge in [-0.15, -0.1) is 0 Å². The molecule has 5 heteroatoms. The lowest BCUT2D eigenvalue weighted by Gasteiger charge is -2.06. The number of halogens is 2. The highest BCUT2D eigenvalue weighted by atomic mass is 79.9. The van der Waals surface area contributed by atoms with Gasteiger partial charge in [0.25, 0.3) is 5.56 Å². The zero-order chi connectivity index (χ0) is 13.1. The normalized spacial score (nSPS) is 10.6. The fourth-order valence-electron chi connectivity index (χ4n) is 1.68. The Morgan fingerprint density at radius 3 is 2.89 bits per heavy atom. The molecule has 0 saturated carbocycles. The predicted octanol–water partition coefficient (Wildman–Crippen LogP) is 3.81. The van der Waals surface area contributed by atoms with E-state index in [4.69, 9.17) is 11.6 Å².